The van der Waals surface area contributed by atoms with Crippen LogP contribution in [0.2, 0.25) is 0 Å². The Balaban J connectivity index is 1.85. The molecule has 0 unspecified atom stereocenters. The maximum atomic E-state index is 9.07. The zero-order chi connectivity index (χ0) is 11.2. The summed E-state index contributed by atoms with van der Waals surface area (Å²) < 4.78 is 0. The van der Waals surface area contributed by atoms with E-state index in [4.69, 9.17) is 5.11 Å². The summed E-state index contributed by atoms with van der Waals surface area (Å²) in [6, 6.07) is 10.5. The van der Waals surface area contributed by atoms with Crippen molar-refractivity contribution in [3.63, 3.8) is 0 Å². The molecule has 0 aliphatic heterocycles. The van der Waals surface area contributed by atoms with Crippen molar-refractivity contribution in [3.8, 4) is 0 Å². The van der Waals surface area contributed by atoms with Crippen LogP contribution >= 0.6 is 0 Å². The molecule has 1 aromatic rings. The third-order valence-electron chi connectivity index (χ3n) is 3.51. The first-order valence-electron chi connectivity index (χ1n) is 6.22. The van der Waals surface area contributed by atoms with Crippen molar-refractivity contribution in [2.45, 2.75) is 25.7 Å². The number of hydrogen-bond donors (Lipinski definition) is 1. The predicted molar refractivity (Wildman–Crippen MR) is 68.0 cm³/mol. The fourth-order valence-electron chi connectivity index (χ4n) is 2.37. The maximum absolute atomic E-state index is 9.07. The average molecular weight is 216 g/mol. The van der Waals surface area contributed by atoms with Gasteiger partial charge < -0.3 is 5.11 Å². The van der Waals surface area contributed by atoms with Crippen molar-refractivity contribution < 1.29 is 5.11 Å². The van der Waals surface area contributed by atoms with Crippen molar-refractivity contribution in [3.05, 3.63) is 42.0 Å². The monoisotopic (exact) mass is 216 g/mol. The lowest BCUT2D eigenvalue weighted by Gasteiger charge is -2.25. The Bertz CT molecular complexity index is 321. The Morgan fingerprint density at radius 2 is 1.75 bits per heavy atom. The van der Waals surface area contributed by atoms with E-state index in [0.29, 0.717) is 18.4 Å². The quantitative estimate of drug-likeness (QED) is 0.820. The van der Waals surface area contributed by atoms with E-state index in [9.17, 15) is 0 Å². The molecule has 1 aliphatic carbocycles. The van der Waals surface area contributed by atoms with E-state index in [1.54, 1.807) is 0 Å². The lowest BCUT2D eigenvalue weighted by Crippen LogP contribution is -2.15. The van der Waals surface area contributed by atoms with Gasteiger partial charge in [-0.15, -0.1) is 0 Å². The molecule has 0 spiro atoms. The maximum Gasteiger partial charge on any atom is 0.0459 e. The van der Waals surface area contributed by atoms with Crippen molar-refractivity contribution in [2.24, 2.45) is 11.8 Å². The Hall–Kier alpha value is -1.08. The van der Waals surface area contributed by atoms with Crippen LogP contribution in [0, 0.1) is 11.8 Å². The normalized spacial score (nSPS) is 26.1. The fraction of sp³-hybridized carbons (Fsp3) is 0.467. The minimum absolute atomic E-state index is 0.370. The highest BCUT2D eigenvalue weighted by atomic mass is 16.3. The smallest absolute Gasteiger partial charge is 0.0459 e. The number of hydrogen-bond acceptors (Lipinski definition) is 1. The van der Waals surface area contributed by atoms with Crippen LogP contribution in [-0.2, 0) is 0 Å². The molecule has 1 N–H and O–H groups in total. The summed E-state index contributed by atoms with van der Waals surface area (Å²) in [6.45, 7) is 0.370. The van der Waals surface area contributed by atoms with Crippen molar-refractivity contribution in [2.75, 3.05) is 6.61 Å². The first kappa shape index (κ1) is 11.4. The van der Waals surface area contributed by atoms with Gasteiger partial charge in [-0.3, -0.25) is 0 Å². The van der Waals surface area contributed by atoms with Gasteiger partial charge in [0.2, 0.25) is 0 Å². The molecule has 0 heterocycles. The molecule has 0 saturated heterocycles. The van der Waals surface area contributed by atoms with Gasteiger partial charge in [0.25, 0.3) is 0 Å². The number of aliphatic hydroxyl groups is 1. The Kier molecular flexibility index (Phi) is 4.17. The zero-order valence-electron chi connectivity index (χ0n) is 9.68. The van der Waals surface area contributed by atoms with Gasteiger partial charge in [0.15, 0.2) is 0 Å². The summed E-state index contributed by atoms with van der Waals surface area (Å²) in [5.74, 6) is 1.27. The number of aliphatic hydroxyl groups excluding tert-OH is 1. The molecule has 0 aromatic heterocycles. The topological polar surface area (TPSA) is 20.2 Å². The lowest BCUT2D eigenvalue weighted by molar-refractivity contribution is 0.178. The molecule has 0 atom stereocenters. The van der Waals surface area contributed by atoms with Crippen molar-refractivity contribution >= 4 is 6.08 Å². The van der Waals surface area contributed by atoms with Gasteiger partial charge in [0.05, 0.1) is 0 Å². The van der Waals surface area contributed by atoms with E-state index >= 15 is 0 Å². The SMILES string of the molecule is OC[C@H]1CC[C@H](/C=C/c2ccccc2)CC1. The Morgan fingerprint density at radius 3 is 2.38 bits per heavy atom. The highest BCUT2D eigenvalue weighted by molar-refractivity contribution is 5.48. The molecule has 0 amide bonds. The van der Waals surface area contributed by atoms with Gasteiger partial charge in [0, 0.05) is 6.61 Å². The van der Waals surface area contributed by atoms with Gasteiger partial charge in [0.1, 0.15) is 0 Å². The molecular weight excluding hydrogens is 196 g/mol. The van der Waals surface area contributed by atoms with E-state index in [-0.39, 0.29) is 0 Å². The van der Waals surface area contributed by atoms with Gasteiger partial charge in [-0.05, 0) is 43.1 Å². The van der Waals surface area contributed by atoms with Gasteiger partial charge >= 0.3 is 0 Å². The third-order valence-corrected chi connectivity index (χ3v) is 3.51. The van der Waals surface area contributed by atoms with Gasteiger partial charge in [-0.2, -0.15) is 0 Å². The second-order valence-corrected chi connectivity index (χ2v) is 4.73. The molecule has 16 heavy (non-hydrogen) atoms. The third kappa shape index (κ3) is 3.21. The molecule has 0 radical (unpaired) electrons. The number of allylic oxidation sites excluding steroid dienone is 1. The molecule has 1 aromatic carbocycles. The molecule has 1 saturated carbocycles. The minimum atomic E-state index is 0.370. The van der Waals surface area contributed by atoms with Crippen LogP contribution < -0.4 is 0 Å². The summed E-state index contributed by atoms with van der Waals surface area (Å²) in [5.41, 5.74) is 1.28. The van der Waals surface area contributed by atoms with Crippen LogP contribution in [0.25, 0.3) is 6.08 Å². The lowest BCUT2D eigenvalue weighted by atomic mass is 9.82. The first-order chi connectivity index (χ1) is 7.88. The van der Waals surface area contributed by atoms with Crippen LogP contribution in [-0.4, -0.2) is 11.7 Å². The fourth-order valence-corrected chi connectivity index (χ4v) is 2.37. The summed E-state index contributed by atoms with van der Waals surface area (Å²) in [7, 11) is 0. The van der Waals surface area contributed by atoms with E-state index in [1.807, 2.05) is 6.07 Å². The van der Waals surface area contributed by atoms with Gasteiger partial charge in [-0.1, -0.05) is 42.5 Å². The molecule has 1 aliphatic rings. The second kappa shape index (κ2) is 5.86. The van der Waals surface area contributed by atoms with Crippen LogP contribution in [0.5, 0.6) is 0 Å². The highest BCUT2D eigenvalue weighted by Crippen LogP contribution is 2.29. The number of rotatable bonds is 3. The standard InChI is InChI=1S/C15H20O/c16-12-15-10-8-14(9-11-15)7-6-13-4-2-1-3-5-13/h1-7,14-16H,8-12H2/b7-6+/t14-,15-. The Labute approximate surface area is 97.8 Å². The molecule has 1 nitrogen and oxygen atoms in total. The van der Waals surface area contributed by atoms with Crippen LogP contribution in [0.4, 0.5) is 0 Å². The second-order valence-electron chi connectivity index (χ2n) is 4.73. The minimum Gasteiger partial charge on any atom is -0.396 e. The first-order valence-corrected chi connectivity index (χ1v) is 6.22. The van der Waals surface area contributed by atoms with E-state index in [2.05, 4.69) is 36.4 Å². The highest BCUT2D eigenvalue weighted by Gasteiger charge is 2.18. The molecular formula is C15H20O. The summed E-state index contributed by atoms with van der Waals surface area (Å²) in [4.78, 5) is 0. The summed E-state index contributed by atoms with van der Waals surface area (Å²) in [6.07, 6.45) is 9.39. The molecule has 0 bridgehead atoms. The van der Waals surface area contributed by atoms with E-state index in [0.717, 1.165) is 0 Å². The van der Waals surface area contributed by atoms with Crippen molar-refractivity contribution in [1.29, 1.82) is 0 Å². The van der Waals surface area contributed by atoms with Crippen LogP contribution in [0.1, 0.15) is 31.2 Å². The average Bonchev–Trinajstić information content (AvgIpc) is 2.38. The van der Waals surface area contributed by atoms with Crippen molar-refractivity contribution in [1.82, 2.24) is 0 Å². The van der Waals surface area contributed by atoms with E-state index < -0.39 is 0 Å². The van der Waals surface area contributed by atoms with Crippen LogP contribution in [0.15, 0.2) is 36.4 Å². The molecule has 1 fully saturated rings. The molecule has 2 rings (SSSR count). The van der Waals surface area contributed by atoms with Crippen LogP contribution in [0.3, 0.4) is 0 Å². The van der Waals surface area contributed by atoms with E-state index in [1.165, 1.54) is 31.2 Å². The molecule has 86 valence electrons. The largest absolute Gasteiger partial charge is 0.396 e. The predicted octanol–water partition coefficient (Wildman–Crippen LogP) is 3.50. The molecule has 1 heteroatoms. The van der Waals surface area contributed by atoms with Gasteiger partial charge in [-0.25, -0.2) is 0 Å². The summed E-state index contributed by atoms with van der Waals surface area (Å²) in [5, 5.41) is 9.07. The zero-order valence-corrected chi connectivity index (χ0v) is 9.68. The summed E-state index contributed by atoms with van der Waals surface area (Å²) >= 11 is 0. The number of benzene rings is 1. The Morgan fingerprint density at radius 1 is 1.06 bits per heavy atom.